The molecule has 0 radical (unpaired) electrons. The first-order chi connectivity index (χ1) is 9.74. The van der Waals surface area contributed by atoms with Crippen LogP contribution in [-0.4, -0.2) is 28.7 Å². The number of quaternary nitrogens is 1. The standard InChI is InChI=1S/C18H35IN/c1-4-7-9-11-13-16-20(18-19,15-6-3)17-14-12-10-8-5-2/h3H,4-5,7-18H2,1-2H3/q+1. The summed E-state index contributed by atoms with van der Waals surface area (Å²) >= 11 is 2.54. The number of hydrogen-bond acceptors (Lipinski definition) is 0. The topological polar surface area (TPSA) is 0 Å². The fraction of sp³-hybridized carbons (Fsp3) is 0.889. The number of alkyl halides is 1. The lowest BCUT2D eigenvalue weighted by atomic mass is 10.1. The highest BCUT2D eigenvalue weighted by molar-refractivity contribution is 14.1. The molecule has 0 saturated carbocycles. The predicted molar refractivity (Wildman–Crippen MR) is 100 cm³/mol. The number of unbranched alkanes of at least 4 members (excludes halogenated alkanes) is 8. The van der Waals surface area contributed by atoms with Crippen molar-refractivity contribution in [2.45, 2.75) is 78.1 Å². The van der Waals surface area contributed by atoms with E-state index >= 15 is 0 Å². The molecule has 0 N–H and O–H groups in total. The van der Waals surface area contributed by atoms with Crippen molar-refractivity contribution in [1.29, 1.82) is 0 Å². The summed E-state index contributed by atoms with van der Waals surface area (Å²) in [4.78, 5) is 0. The minimum absolute atomic E-state index is 0.921. The Kier molecular flexibility index (Phi) is 14.4. The summed E-state index contributed by atoms with van der Waals surface area (Å²) < 4.78 is 2.32. The van der Waals surface area contributed by atoms with Crippen LogP contribution >= 0.6 is 22.6 Å². The normalized spacial score (nSPS) is 11.5. The highest BCUT2D eigenvalue weighted by atomic mass is 127. The second kappa shape index (κ2) is 14.2. The van der Waals surface area contributed by atoms with E-state index in [0.717, 1.165) is 11.0 Å². The number of rotatable bonds is 14. The van der Waals surface area contributed by atoms with Gasteiger partial charge in [-0.3, -0.25) is 0 Å². The summed E-state index contributed by atoms with van der Waals surface area (Å²) in [5.41, 5.74) is 0. The van der Waals surface area contributed by atoms with Crippen LogP contribution in [0.5, 0.6) is 0 Å². The fourth-order valence-electron chi connectivity index (χ4n) is 2.73. The van der Waals surface area contributed by atoms with Gasteiger partial charge in [-0.05, 0) is 54.2 Å². The zero-order valence-electron chi connectivity index (χ0n) is 13.8. The third-order valence-electron chi connectivity index (χ3n) is 4.15. The maximum atomic E-state index is 5.63. The van der Waals surface area contributed by atoms with E-state index in [-0.39, 0.29) is 0 Å². The Morgan fingerprint density at radius 1 is 0.800 bits per heavy atom. The predicted octanol–water partition coefficient (Wildman–Crippen LogP) is 5.77. The fourth-order valence-corrected chi connectivity index (χ4v) is 3.65. The minimum Gasteiger partial charge on any atom is -0.305 e. The van der Waals surface area contributed by atoms with Crippen molar-refractivity contribution in [3.63, 3.8) is 0 Å². The summed E-state index contributed by atoms with van der Waals surface area (Å²) in [6, 6.07) is 0. The van der Waals surface area contributed by atoms with Crippen molar-refractivity contribution in [2.75, 3.05) is 24.2 Å². The van der Waals surface area contributed by atoms with E-state index in [4.69, 9.17) is 6.42 Å². The lowest BCUT2D eigenvalue weighted by molar-refractivity contribution is -0.906. The Morgan fingerprint density at radius 3 is 1.60 bits per heavy atom. The highest BCUT2D eigenvalue weighted by Crippen LogP contribution is 2.17. The van der Waals surface area contributed by atoms with E-state index < -0.39 is 0 Å². The Hall–Kier alpha value is 0.250. The molecule has 0 aromatic heterocycles. The van der Waals surface area contributed by atoms with Crippen LogP contribution in [0.15, 0.2) is 0 Å². The van der Waals surface area contributed by atoms with Gasteiger partial charge in [0.05, 0.1) is 13.1 Å². The zero-order valence-corrected chi connectivity index (χ0v) is 16.0. The van der Waals surface area contributed by atoms with E-state index in [1.807, 2.05) is 0 Å². The molecule has 2 heteroatoms. The maximum Gasteiger partial charge on any atom is 0.141 e. The number of terminal acetylenes is 1. The maximum absolute atomic E-state index is 5.63. The average molecular weight is 392 g/mol. The quantitative estimate of drug-likeness (QED) is 0.0879. The summed E-state index contributed by atoms with van der Waals surface area (Å²) in [7, 11) is 0. The van der Waals surface area contributed by atoms with Gasteiger partial charge in [0.1, 0.15) is 11.1 Å². The van der Waals surface area contributed by atoms with Crippen molar-refractivity contribution >= 4 is 22.6 Å². The molecule has 0 amide bonds. The molecule has 0 aromatic rings. The van der Waals surface area contributed by atoms with Gasteiger partial charge in [0.2, 0.25) is 0 Å². The second-order valence-electron chi connectivity index (χ2n) is 6.10. The molecule has 0 heterocycles. The van der Waals surface area contributed by atoms with Crippen LogP contribution in [0.4, 0.5) is 0 Å². The molecule has 0 bridgehead atoms. The molecular weight excluding hydrogens is 357 g/mol. The smallest absolute Gasteiger partial charge is 0.141 e. The van der Waals surface area contributed by atoms with Gasteiger partial charge in [-0.25, -0.2) is 0 Å². The molecule has 0 aliphatic heterocycles. The number of halogens is 1. The van der Waals surface area contributed by atoms with Crippen molar-refractivity contribution in [2.24, 2.45) is 0 Å². The first-order valence-electron chi connectivity index (χ1n) is 8.59. The van der Waals surface area contributed by atoms with Gasteiger partial charge >= 0.3 is 0 Å². The van der Waals surface area contributed by atoms with E-state index in [9.17, 15) is 0 Å². The Morgan fingerprint density at radius 2 is 1.25 bits per heavy atom. The van der Waals surface area contributed by atoms with Crippen molar-refractivity contribution in [3.05, 3.63) is 0 Å². The molecular formula is C18H35IN+. The largest absolute Gasteiger partial charge is 0.305 e. The van der Waals surface area contributed by atoms with Crippen molar-refractivity contribution < 1.29 is 4.48 Å². The van der Waals surface area contributed by atoms with Gasteiger partial charge in [0.25, 0.3) is 0 Å². The second-order valence-corrected chi connectivity index (χ2v) is 6.78. The van der Waals surface area contributed by atoms with Gasteiger partial charge < -0.3 is 4.48 Å². The van der Waals surface area contributed by atoms with Crippen LogP contribution in [0.1, 0.15) is 78.1 Å². The monoisotopic (exact) mass is 392 g/mol. The number of hydrogen-bond donors (Lipinski definition) is 0. The van der Waals surface area contributed by atoms with Crippen LogP contribution in [0.3, 0.4) is 0 Å². The van der Waals surface area contributed by atoms with Crippen LogP contribution in [0, 0.1) is 12.3 Å². The van der Waals surface area contributed by atoms with Gasteiger partial charge in [-0.2, -0.15) is 0 Å². The molecule has 0 saturated heterocycles. The third kappa shape index (κ3) is 10.0. The van der Waals surface area contributed by atoms with Gasteiger partial charge in [-0.1, -0.05) is 52.4 Å². The van der Waals surface area contributed by atoms with Gasteiger partial charge in [0.15, 0.2) is 0 Å². The molecule has 118 valence electrons. The summed E-state index contributed by atoms with van der Waals surface area (Å²) in [5, 5.41) is 0. The lowest BCUT2D eigenvalue weighted by Crippen LogP contribution is -2.48. The molecule has 0 aromatic carbocycles. The van der Waals surface area contributed by atoms with Gasteiger partial charge in [0, 0.05) is 0 Å². The molecule has 0 fully saturated rings. The van der Waals surface area contributed by atoms with E-state index in [1.165, 1.54) is 81.8 Å². The number of nitrogens with zero attached hydrogens (tertiary/aromatic N) is 1. The molecule has 0 aliphatic rings. The summed E-state index contributed by atoms with van der Waals surface area (Å²) in [5.74, 6) is 2.93. The Labute approximate surface area is 141 Å². The SMILES string of the molecule is C#CC[N+](CI)(CCCCCCC)CCCCCCC. The minimum atomic E-state index is 0.921. The van der Waals surface area contributed by atoms with Crippen LogP contribution in [-0.2, 0) is 0 Å². The first-order valence-corrected chi connectivity index (χ1v) is 10.1. The molecule has 0 aliphatic carbocycles. The van der Waals surface area contributed by atoms with Crippen molar-refractivity contribution in [1.82, 2.24) is 0 Å². The van der Waals surface area contributed by atoms with E-state index in [2.05, 4.69) is 42.4 Å². The zero-order chi connectivity index (χ0) is 15.1. The molecule has 0 rings (SSSR count). The van der Waals surface area contributed by atoms with Gasteiger partial charge in [-0.15, -0.1) is 6.42 Å². The Bertz CT molecular complexity index is 230. The molecule has 0 unspecified atom stereocenters. The molecule has 1 nitrogen and oxygen atoms in total. The van der Waals surface area contributed by atoms with E-state index in [1.54, 1.807) is 0 Å². The van der Waals surface area contributed by atoms with E-state index in [0.29, 0.717) is 0 Å². The first kappa shape index (κ1) is 20.2. The third-order valence-corrected chi connectivity index (χ3v) is 5.60. The van der Waals surface area contributed by atoms with Crippen molar-refractivity contribution in [3.8, 4) is 12.3 Å². The highest BCUT2D eigenvalue weighted by Gasteiger charge is 2.23. The van der Waals surface area contributed by atoms with Crippen LogP contribution in [0.25, 0.3) is 0 Å². The molecule has 0 atom stereocenters. The average Bonchev–Trinajstić information content (AvgIpc) is 2.46. The summed E-state index contributed by atoms with van der Waals surface area (Å²) in [6.07, 6.45) is 19.3. The molecule has 20 heavy (non-hydrogen) atoms. The molecule has 0 spiro atoms. The van der Waals surface area contributed by atoms with Crippen LogP contribution in [0.2, 0.25) is 0 Å². The Balaban J connectivity index is 4.04. The van der Waals surface area contributed by atoms with Crippen LogP contribution < -0.4 is 0 Å². The summed E-state index contributed by atoms with van der Waals surface area (Å²) in [6.45, 7) is 8.04. The lowest BCUT2D eigenvalue weighted by Gasteiger charge is -2.35.